The van der Waals surface area contributed by atoms with Crippen LogP contribution in [0.5, 0.6) is 0 Å². The summed E-state index contributed by atoms with van der Waals surface area (Å²) in [6.45, 7) is 0. The number of nitrogens with two attached hydrogens (primary N) is 2. The highest BCUT2D eigenvalue weighted by molar-refractivity contribution is 7.86. The fourth-order valence-electron chi connectivity index (χ4n) is 5.59. The number of nitrogen functional groups attached to an aromatic ring is 2. The van der Waals surface area contributed by atoms with Gasteiger partial charge in [-0.15, -0.1) is 10.2 Å². The molecule has 8 N–H and O–H groups in total. The van der Waals surface area contributed by atoms with Crippen LogP contribution in [-0.2, 0) is 40.5 Å². The van der Waals surface area contributed by atoms with Crippen LogP contribution < -0.4 is 11.5 Å². The van der Waals surface area contributed by atoms with Gasteiger partial charge in [-0.1, -0.05) is 72.8 Å². The Kier molecular flexibility index (Phi) is 10.3. The van der Waals surface area contributed by atoms with Crippen molar-refractivity contribution in [1.29, 1.82) is 0 Å². The minimum Gasteiger partial charge on any atom is -0.396 e. The number of rotatable bonds is 10. The lowest BCUT2D eigenvalue weighted by atomic mass is 10.1. The van der Waals surface area contributed by atoms with E-state index in [0.29, 0.717) is 0 Å². The van der Waals surface area contributed by atoms with E-state index in [0.717, 1.165) is 36.4 Å². The predicted molar refractivity (Wildman–Crippen MR) is 206 cm³/mol. The first-order valence-electron chi connectivity index (χ1n) is 15.4. The summed E-state index contributed by atoms with van der Waals surface area (Å²) in [5.74, 6) is 0. The summed E-state index contributed by atoms with van der Waals surface area (Å²) in [6.07, 6.45) is 2.23. The maximum atomic E-state index is 12.4. The Morgan fingerprint density at radius 3 is 1.05 bits per heavy atom. The minimum atomic E-state index is -4.96. The molecule has 22 heteroatoms. The topological polar surface area (TPSA) is 319 Å². The van der Waals surface area contributed by atoms with Gasteiger partial charge in [0, 0.05) is 21.5 Å². The van der Waals surface area contributed by atoms with E-state index in [1.165, 1.54) is 60.7 Å². The van der Waals surface area contributed by atoms with E-state index < -0.39 is 60.1 Å². The van der Waals surface area contributed by atoms with Gasteiger partial charge in [-0.25, -0.2) is 0 Å². The molecule has 18 nitrogen and oxygen atoms in total. The van der Waals surface area contributed by atoms with E-state index in [1.807, 2.05) is 0 Å². The molecule has 0 fully saturated rings. The highest BCUT2D eigenvalue weighted by atomic mass is 32.2. The molecule has 0 aliphatic heterocycles. The molecule has 0 saturated carbocycles. The number of anilines is 2. The van der Waals surface area contributed by atoms with Gasteiger partial charge in [0.1, 0.15) is 31.0 Å². The van der Waals surface area contributed by atoms with E-state index in [-0.39, 0.29) is 66.8 Å². The average molecular weight is 839 g/mol. The lowest BCUT2D eigenvalue weighted by molar-refractivity contribution is 0.480. The summed E-state index contributed by atoms with van der Waals surface area (Å²) < 4.78 is 137. The average Bonchev–Trinajstić information content (AvgIpc) is 3.12. The molecule has 0 amide bonds. The smallest absolute Gasteiger partial charge is 0.295 e. The zero-order valence-corrected chi connectivity index (χ0v) is 31.3. The van der Waals surface area contributed by atoms with E-state index >= 15 is 0 Å². The highest BCUT2D eigenvalue weighted by Crippen LogP contribution is 2.39. The van der Waals surface area contributed by atoms with Crippen LogP contribution in [0.1, 0.15) is 11.1 Å². The van der Waals surface area contributed by atoms with E-state index in [1.54, 1.807) is 12.1 Å². The Morgan fingerprint density at radius 2 is 0.732 bits per heavy atom. The van der Waals surface area contributed by atoms with Crippen LogP contribution in [0.3, 0.4) is 0 Å². The molecule has 0 aliphatic rings. The molecule has 0 aromatic heterocycles. The third-order valence-corrected chi connectivity index (χ3v) is 11.8. The molecule has 0 heterocycles. The molecular formula is C34H26N6O12S4. The Balaban J connectivity index is 1.35. The largest absolute Gasteiger partial charge is 0.396 e. The zero-order chi connectivity index (χ0) is 40.8. The van der Waals surface area contributed by atoms with Crippen LogP contribution in [0.2, 0.25) is 0 Å². The lowest BCUT2D eigenvalue weighted by Crippen LogP contribution is -2.02. The van der Waals surface area contributed by atoms with Crippen molar-refractivity contribution < 1.29 is 51.9 Å². The lowest BCUT2D eigenvalue weighted by Gasteiger charge is -2.09. The first-order chi connectivity index (χ1) is 26.1. The number of benzene rings is 6. The summed E-state index contributed by atoms with van der Waals surface area (Å²) in [7, 11) is -19.4. The summed E-state index contributed by atoms with van der Waals surface area (Å²) in [5, 5.41) is 16.4. The van der Waals surface area contributed by atoms with Gasteiger partial charge in [-0.3, -0.25) is 18.2 Å². The zero-order valence-electron chi connectivity index (χ0n) is 28.0. The standard InChI is InChI=1S/C34H26N6O12S4/c35-33-25-7-3-1-5-23(25)31(55(47,48)49)17-27(33)39-37-21-13-11-19(29(15-21)53(41,42)43)9-10-20-12-14-22(16-30(20)54(44,45)46)38-40-28-18-32(56(50,51)52)24-6-2-4-8-26(24)34(28)36/h1-18H,35-36H2,(H,41,42,43)(H,44,45,46)(H,47,48,49)(H,50,51,52)/b10-9+,39-37?,40-38?. The fraction of sp³-hybridized carbons (Fsp3) is 0. The molecular weight excluding hydrogens is 813 g/mol. The maximum Gasteiger partial charge on any atom is 0.295 e. The molecule has 288 valence electrons. The quantitative estimate of drug-likeness (QED) is 0.0345. The van der Waals surface area contributed by atoms with E-state index in [9.17, 15) is 51.9 Å². The van der Waals surface area contributed by atoms with Gasteiger partial charge in [-0.2, -0.15) is 43.9 Å². The summed E-state index contributed by atoms with van der Waals surface area (Å²) >= 11 is 0. The molecule has 0 aliphatic carbocycles. The van der Waals surface area contributed by atoms with Crippen molar-refractivity contribution in [2.45, 2.75) is 19.6 Å². The summed E-state index contributed by atoms with van der Waals surface area (Å²) in [4.78, 5) is -2.41. The van der Waals surface area contributed by atoms with Crippen LogP contribution in [0.4, 0.5) is 34.1 Å². The minimum absolute atomic E-state index is 0.00228. The Morgan fingerprint density at radius 1 is 0.411 bits per heavy atom. The Hall–Kier alpha value is -5.98. The SMILES string of the molecule is Nc1c(N=Nc2ccc(/C=C/c3ccc(N=Nc4cc(S(=O)(=O)O)c5ccccc5c4N)cc3S(=O)(=O)O)c(S(=O)(=O)O)c2)cc(S(=O)(=O)O)c2ccccc12. The Labute approximate surface area is 318 Å². The second-order valence-electron chi connectivity index (χ2n) is 11.8. The number of hydrogen-bond acceptors (Lipinski definition) is 14. The van der Waals surface area contributed by atoms with Crippen LogP contribution in [-0.4, -0.2) is 51.9 Å². The van der Waals surface area contributed by atoms with Crippen molar-refractivity contribution in [3.8, 4) is 0 Å². The molecule has 0 saturated heterocycles. The molecule has 0 bridgehead atoms. The normalized spacial score (nSPS) is 13.1. The van der Waals surface area contributed by atoms with Crippen LogP contribution in [0.15, 0.2) is 137 Å². The van der Waals surface area contributed by atoms with Gasteiger partial charge in [0.15, 0.2) is 0 Å². The monoisotopic (exact) mass is 838 g/mol. The maximum absolute atomic E-state index is 12.4. The fourth-order valence-corrected chi connectivity index (χ4v) is 8.43. The van der Waals surface area contributed by atoms with Gasteiger partial charge in [0.25, 0.3) is 40.5 Å². The third-order valence-electron chi connectivity index (χ3n) is 8.15. The molecule has 6 aromatic rings. The number of fused-ring (bicyclic) bond motifs is 2. The van der Waals surface area contributed by atoms with Gasteiger partial charge in [-0.05, 0) is 47.5 Å². The van der Waals surface area contributed by atoms with Crippen molar-refractivity contribution in [2.75, 3.05) is 11.5 Å². The second kappa shape index (κ2) is 14.6. The van der Waals surface area contributed by atoms with Gasteiger partial charge in [0.05, 0.1) is 22.7 Å². The van der Waals surface area contributed by atoms with Crippen molar-refractivity contribution >= 4 is 108 Å². The van der Waals surface area contributed by atoms with Crippen molar-refractivity contribution in [1.82, 2.24) is 0 Å². The van der Waals surface area contributed by atoms with Gasteiger partial charge in [0.2, 0.25) is 0 Å². The predicted octanol–water partition coefficient (Wildman–Crippen LogP) is 7.15. The molecule has 0 radical (unpaired) electrons. The second-order valence-corrected chi connectivity index (χ2v) is 17.3. The molecule has 0 atom stereocenters. The Bertz CT molecular complexity index is 2960. The van der Waals surface area contributed by atoms with Crippen LogP contribution >= 0.6 is 0 Å². The van der Waals surface area contributed by atoms with E-state index in [4.69, 9.17) is 11.5 Å². The first kappa shape index (κ1) is 39.7. The van der Waals surface area contributed by atoms with Gasteiger partial charge < -0.3 is 11.5 Å². The van der Waals surface area contributed by atoms with E-state index in [2.05, 4.69) is 20.5 Å². The highest BCUT2D eigenvalue weighted by Gasteiger charge is 2.21. The summed E-state index contributed by atoms with van der Waals surface area (Å²) in [6, 6.07) is 20.8. The van der Waals surface area contributed by atoms with Crippen LogP contribution in [0.25, 0.3) is 33.7 Å². The first-order valence-corrected chi connectivity index (χ1v) is 21.2. The molecule has 6 rings (SSSR count). The molecule has 0 spiro atoms. The number of hydrogen-bond donors (Lipinski definition) is 6. The third kappa shape index (κ3) is 8.31. The van der Waals surface area contributed by atoms with Crippen molar-refractivity contribution in [2.24, 2.45) is 20.5 Å². The number of nitrogens with zero attached hydrogens (tertiary/aromatic N) is 4. The van der Waals surface area contributed by atoms with Crippen LogP contribution in [0, 0.1) is 0 Å². The molecule has 56 heavy (non-hydrogen) atoms. The molecule has 0 unspecified atom stereocenters. The summed E-state index contributed by atoms with van der Waals surface area (Å²) in [5.41, 5.74) is 11.3. The van der Waals surface area contributed by atoms with Gasteiger partial charge >= 0.3 is 0 Å². The number of azo groups is 2. The van der Waals surface area contributed by atoms with Crippen molar-refractivity contribution in [3.63, 3.8) is 0 Å². The molecule has 6 aromatic carbocycles. The van der Waals surface area contributed by atoms with Crippen molar-refractivity contribution in [3.05, 3.63) is 108 Å².